The van der Waals surface area contributed by atoms with E-state index in [2.05, 4.69) is 45.5 Å². The molecule has 0 amide bonds. The van der Waals surface area contributed by atoms with Gasteiger partial charge in [0.1, 0.15) is 0 Å². The Morgan fingerprint density at radius 1 is 1.32 bits per heavy atom. The molecule has 5 heteroatoms. The van der Waals surface area contributed by atoms with Crippen LogP contribution >= 0.6 is 11.3 Å². The van der Waals surface area contributed by atoms with Crippen LogP contribution in [0.5, 0.6) is 0 Å². The summed E-state index contributed by atoms with van der Waals surface area (Å²) in [5.74, 6) is 0.595. The summed E-state index contributed by atoms with van der Waals surface area (Å²) in [7, 11) is 0. The van der Waals surface area contributed by atoms with Crippen molar-refractivity contribution in [1.29, 1.82) is 0 Å². The van der Waals surface area contributed by atoms with Crippen LogP contribution in [0.15, 0.2) is 41.9 Å². The number of aromatic nitrogens is 1. The summed E-state index contributed by atoms with van der Waals surface area (Å²) in [4.78, 5) is 6.91. The SMILES string of the molecule is c1ccc(CCN2CCC[C@@]3(C[C@@H](CNc4nccs4)CO3)C2)cc1. The molecule has 0 unspecified atom stereocenters. The molecular formula is C20H27N3OS. The first kappa shape index (κ1) is 17.0. The van der Waals surface area contributed by atoms with Crippen molar-refractivity contribution in [2.75, 3.05) is 38.1 Å². The van der Waals surface area contributed by atoms with Crippen LogP contribution in [0.2, 0.25) is 0 Å². The van der Waals surface area contributed by atoms with Crippen molar-refractivity contribution in [1.82, 2.24) is 9.88 Å². The quantitative estimate of drug-likeness (QED) is 0.856. The Bertz CT molecular complexity index is 648. The molecule has 2 aromatic rings. The maximum Gasteiger partial charge on any atom is 0.182 e. The summed E-state index contributed by atoms with van der Waals surface area (Å²) in [5, 5.41) is 6.50. The van der Waals surface area contributed by atoms with Gasteiger partial charge >= 0.3 is 0 Å². The van der Waals surface area contributed by atoms with Gasteiger partial charge in [0.2, 0.25) is 0 Å². The molecule has 3 heterocycles. The van der Waals surface area contributed by atoms with Gasteiger partial charge in [0, 0.05) is 37.1 Å². The van der Waals surface area contributed by atoms with E-state index in [0.29, 0.717) is 5.92 Å². The van der Waals surface area contributed by atoms with Crippen LogP contribution in [0.4, 0.5) is 5.13 Å². The van der Waals surface area contributed by atoms with Crippen LogP contribution < -0.4 is 5.32 Å². The number of benzene rings is 1. The van der Waals surface area contributed by atoms with Crippen molar-refractivity contribution in [3.8, 4) is 0 Å². The Morgan fingerprint density at radius 2 is 2.24 bits per heavy atom. The molecule has 2 aliphatic rings. The Balaban J connectivity index is 1.27. The molecule has 4 nitrogen and oxygen atoms in total. The third-order valence-electron chi connectivity index (χ3n) is 5.44. The minimum Gasteiger partial charge on any atom is -0.373 e. The molecule has 0 radical (unpaired) electrons. The summed E-state index contributed by atoms with van der Waals surface area (Å²) in [6, 6.07) is 10.8. The number of thiazole rings is 1. The van der Waals surface area contributed by atoms with Gasteiger partial charge in [-0.3, -0.25) is 0 Å². The fourth-order valence-corrected chi connectivity index (χ4v) is 4.75. The lowest BCUT2D eigenvalue weighted by Gasteiger charge is -2.40. The van der Waals surface area contributed by atoms with Crippen LogP contribution in [0.1, 0.15) is 24.8 Å². The van der Waals surface area contributed by atoms with Crippen molar-refractivity contribution >= 4 is 16.5 Å². The van der Waals surface area contributed by atoms with Gasteiger partial charge < -0.3 is 15.0 Å². The number of ether oxygens (including phenoxy) is 1. The standard InChI is InChI=1S/C20H27N3OS/c1-2-5-17(6-3-1)7-11-23-10-4-8-20(16-23)13-18(15-24-20)14-22-19-21-9-12-25-19/h1-3,5-6,9,12,18H,4,7-8,10-11,13-16H2,(H,21,22)/t18-,20+/m0/s1. The van der Waals surface area contributed by atoms with Crippen LogP contribution in [-0.4, -0.2) is 48.3 Å². The fraction of sp³-hybridized carbons (Fsp3) is 0.550. The second kappa shape index (κ2) is 7.85. The molecule has 1 spiro atoms. The first-order valence-electron chi connectivity index (χ1n) is 9.35. The normalized spacial score (nSPS) is 27.0. The van der Waals surface area contributed by atoms with Crippen molar-refractivity contribution in [2.24, 2.45) is 5.92 Å². The molecule has 2 aliphatic heterocycles. The zero-order chi connectivity index (χ0) is 17.0. The maximum absolute atomic E-state index is 6.35. The predicted octanol–water partition coefficient (Wildman–Crippen LogP) is 3.67. The van der Waals surface area contributed by atoms with E-state index in [0.717, 1.165) is 37.8 Å². The summed E-state index contributed by atoms with van der Waals surface area (Å²) in [6.45, 7) is 5.29. The molecule has 0 aliphatic carbocycles. The zero-order valence-corrected chi connectivity index (χ0v) is 15.5. The van der Waals surface area contributed by atoms with E-state index >= 15 is 0 Å². The highest BCUT2D eigenvalue weighted by Crippen LogP contribution is 2.37. The average Bonchev–Trinajstić information content (AvgIpc) is 3.30. The molecule has 2 fully saturated rings. The van der Waals surface area contributed by atoms with Gasteiger partial charge in [-0.05, 0) is 37.8 Å². The van der Waals surface area contributed by atoms with E-state index in [1.807, 2.05) is 11.6 Å². The molecule has 1 N–H and O–H groups in total. The van der Waals surface area contributed by atoms with Gasteiger partial charge in [-0.1, -0.05) is 30.3 Å². The third kappa shape index (κ3) is 4.40. The highest BCUT2D eigenvalue weighted by Gasteiger charge is 2.43. The maximum atomic E-state index is 6.35. The number of piperidine rings is 1. The highest BCUT2D eigenvalue weighted by molar-refractivity contribution is 7.13. The Hall–Kier alpha value is -1.43. The van der Waals surface area contributed by atoms with Crippen LogP contribution in [0, 0.1) is 5.92 Å². The topological polar surface area (TPSA) is 37.4 Å². The first-order chi connectivity index (χ1) is 12.3. The lowest BCUT2D eigenvalue weighted by molar-refractivity contribution is -0.0511. The molecule has 1 aromatic carbocycles. The molecule has 4 rings (SSSR count). The fourth-order valence-electron chi connectivity index (χ4n) is 4.21. The van der Waals surface area contributed by atoms with Crippen LogP contribution in [0.3, 0.4) is 0 Å². The van der Waals surface area contributed by atoms with E-state index in [1.165, 1.54) is 31.4 Å². The minimum absolute atomic E-state index is 0.0875. The molecule has 25 heavy (non-hydrogen) atoms. The lowest BCUT2D eigenvalue weighted by atomic mass is 9.86. The molecule has 2 atom stereocenters. The van der Waals surface area contributed by atoms with E-state index < -0.39 is 0 Å². The number of nitrogens with zero attached hydrogens (tertiary/aromatic N) is 2. The molecular weight excluding hydrogens is 330 g/mol. The van der Waals surface area contributed by atoms with Gasteiger partial charge in [0.05, 0.1) is 12.2 Å². The molecule has 1 aromatic heterocycles. The largest absolute Gasteiger partial charge is 0.373 e. The summed E-state index contributed by atoms with van der Waals surface area (Å²) < 4.78 is 6.35. The van der Waals surface area contributed by atoms with Crippen molar-refractivity contribution in [3.05, 3.63) is 47.5 Å². The van der Waals surface area contributed by atoms with Gasteiger partial charge in [0.15, 0.2) is 5.13 Å². The monoisotopic (exact) mass is 357 g/mol. The Kier molecular flexibility index (Phi) is 5.34. The highest BCUT2D eigenvalue weighted by atomic mass is 32.1. The van der Waals surface area contributed by atoms with Crippen molar-refractivity contribution in [2.45, 2.75) is 31.3 Å². The van der Waals surface area contributed by atoms with Crippen molar-refractivity contribution in [3.63, 3.8) is 0 Å². The number of rotatable bonds is 6. The van der Waals surface area contributed by atoms with Crippen LogP contribution in [-0.2, 0) is 11.2 Å². The van der Waals surface area contributed by atoms with Gasteiger partial charge in [-0.15, -0.1) is 11.3 Å². The van der Waals surface area contributed by atoms with Gasteiger partial charge in [0.25, 0.3) is 0 Å². The van der Waals surface area contributed by atoms with Crippen molar-refractivity contribution < 1.29 is 4.74 Å². The molecule has 0 bridgehead atoms. The van der Waals surface area contributed by atoms with E-state index in [9.17, 15) is 0 Å². The van der Waals surface area contributed by atoms with E-state index in [-0.39, 0.29) is 5.60 Å². The number of nitrogens with one attached hydrogen (secondary N) is 1. The smallest absolute Gasteiger partial charge is 0.182 e. The van der Waals surface area contributed by atoms with Crippen LogP contribution in [0.25, 0.3) is 0 Å². The number of hydrogen-bond acceptors (Lipinski definition) is 5. The summed E-state index contributed by atoms with van der Waals surface area (Å²) >= 11 is 1.67. The molecule has 2 saturated heterocycles. The van der Waals surface area contributed by atoms with E-state index in [1.54, 1.807) is 11.3 Å². The zero-order valence-electron chi connectivity index (χ0n) is 14.7. The second-order valence-electron chi connectivity index (χ2n) is 7.40. The molecule has 0 saturated carbocycles. The summed E-state index contributed by atoms with van der Waals surface area (Å²) in [6.07, 6.45) is 6.62. The van der Waals surface area contributed by atoms with E-state index in [4.69, 9.17) is 4.74 Å². The second-order valence-corrected chi connectivity index (χ2v) is 8.29. The van der Waals surface area contributed by atoms with Gasteiger partial charge in [-0.2, -0.15) is 0 Å². The summed E-state index contributed by atoms with van der Waals surface area (Å²) in [5.41, 5.74) is 1.52. The molecule has 134 valence electrons. The number of likely N-dealkylation sites (tertiary alicyclic amines) is 1. The average molecular weight is 358 g/mol. The Morgan fingerprint density at radius 3 is 3.08 bits per heavy atom. The number of anilines is 1. The third-order valence-corrected chi connectivity index (χ3v) is 6.17. The number of hydrogen-bond donors (Lipinski definition) is 1. The minimum atomic E-state index is 0.0875. The Labute approximate surface area is 154 Å². The first-order valence-corrected chi connectivity index (χ1v) is 10.2. The predicted molar refractivity (Wildman–Crippen MR) is 103 cm³/mol. The lowest BCUT2D eigenvalue weighted by Crippen LogP contribution is -2.48. The van der Waals surface area contributed by atoms with Gasteiger partial charge in [-0.25, -0.2) is 4.98 Å².